The van der Waals surface area contributed by atoms with Gasteiger partial charge in [-0.3, -0.25) is 0 Å². The van der Waals surface area contributed by atoms with Crippen molar-refractivity contribution in [1.29, 1.82) is 0 Å². The van der Waals surface area contributed by atoms with Crippen molar-refractivity contribution in [1.82, 2.24) is 10.6 Å². The predicted octanol–water partition coefficient (Wildman–Crippen LogP) is -0.959. The van der Waals surface area contributed by atoms with E-state index in [0.717, 1.165) is 13.0 Å². The van der Waals surface area contributed by atoms with Gasteiger partial charge >= 0.3 is 0 Å². The minimum Gasteiger partial charge on any atom is -0.530 e. The minimum atomic E-state index is -1.26. The van der Waals surface area contributed by atoms with Crippen LogP contribution in [0.2, 0.25) is 0 Å². The molecule has 0 aromatic heterocycles. The van der Waals surface area contributed by atoms with Gasteiger partial charge in [0.15, 0.2) is 12.6 Å². The fraction of sp³-hybridized carbons (Fsp3) is 0.929. The van der Waals surface area contributed by atoms with Crippen molar-refractivity contribution < 1.29 is 28.8 Å². The number of hydrogen-bond acceptors (Lipinski definition) is 7. The molecular weight excluding hydrogens is 292 g/mol. The summed E-state index contributed by atoms with van der Waals surface area (Å²) in [5.74, 6) is 0. The molecule has 0 bridgehead atoms. The van der Waals surface area contributed by atoms with E-state index in [0.29, 0.717) is 45.8 Å². The second-order valence-corrected chi connectivity index (χ2v) is 5.85. The van der Waals surface area contributed by atoms with Crippen LogP contribution >= 0.6 is 0 Å². The van der Waals surface area contributed by atoms with Crippen molar-refractivity contribution in [3.63, 3.8) is 0 Å². The maximum absolute atomic E-state index is 10.2. The summed E-state index contributed by atoms with van der Waals surface area (Å²) in [5.41, 5.74) is -0.226. The Hall–Kier alpha value is -0.930. The zero-order valence-electron chi connectivity index (χ0n) is 13.0. The molecule has 2 aliphatic rings. The Balaban J connectivity index is 1.61. The van der Waals surface area contributed by atoms with Crippen molar-refractivity contribution in [2.75, 3.05) is 46.6 Å². The molecule has 2 N–H and O–H groups in total. The van der Waals surface area contributed by atoms with E-state index in [2.05, 4.69) is 10.6 Å². The normalized spacial score (nSPS) is 32.0. The minimum absolute atomic E-state index is 0.161. The molecule has 0 aliphatic carbocycles. The molecule has 0 radical (unpaired) electrons. The lowest BCUT2D eigenvalue weighted by Gasteiger charge is -2.43. The molecule has 22 heavy (non-hydrogen) atoms. The largest absolute Gasteiger partial charge is 0.530 e. The highest BCUT2D eigenvalue weighted by Gasteiger charge is 2.41. The summed E-state index contributed by atoms with van der Waals surface area (Å²) in [6, 6.07) is 0. The molecule has 0 saturated carbocycles. The first kappa shape index (κ1) is 17.4. The Morgan fingerprint density at radius 2 is 1.59 bits per heavy atom. The molecule has 0 unspecified atom stereocenters. The van der Waals surface area contributed by atoms with Crippen LogP contribution in [0.25, 0.3) is 0 Å². The third kappa shape index (κ3) is 5.36. The SMILES string of the molecule is CNCCC1OCC2(COC(CCCNC(=O)[O-])OC2)CO1. The van der Waals surface area contributed by atoms with Crippen LogP contribution in [-0.4, -0.2) is 65.2 Å². The molecule has 2 fully saturated rings. The molecule has 0 aromatic rings. The van der Waals surface area contributed by atoms with Crippen LogP contribution in [-0.2, 0) is 18.9 Å². The lowest BCUT2D eigenvalue weighted by molar-refractivity contribution is -0.303. The quantitative estimate of drug-likeness (QED) is 0.583. The summed E-state index contributed by atoms with van der Waals surface area (Å²) in [4.78, 5) is 10.2. The molecule has 2 aliphatic heterocycles. The lowest BCUT2D eigenvalue weighted by Crippen LogP contribution is -2.52. The molecular formula is C14H25N2O6-. The molecule has 8 nitrogen and oxygen atoms in total. The molecule has 8 heteroatoms. The van der Waals surface area contributed by atoms with E-state index < -0.39 is 6.09 Å². The zero-order chi connectivity index (χ0) is 15.8. The first-order valence-electron chi connectivity index (χ1n) is 7.69. The van der Waals surface area contributed by atoms with E-state index in [4.69, 9.17) is 18.9 Å². The van der Waals surface area contributed by atoms with E-state index >= 15 is 0 Å². The molecule has 2 saturated heterocycles. The Bertz CT molecular complexity index is 336. The summed E-state index contributed by atoms with van der Waals surface area (Å²) in [5, 5.41) is 15.5. The Kier molecular flexibility index (Phi) is 6.84. The van der Waals surface area contributed by atoms with E-state index in [-0.39, 0.29) is 18.0 Å². The van der Waals surface area contributed by atoms with Gasteiger partial charge < -0.3 is 39.5 Å². The van der Waals surface area contributed by atoms with Crippen LogP contribution in [0.3, 0.4) is 0 Å². The topological polar surface area (TPSA) is 101 Å². The molecule has 2 rings (SSSR count). The van der Waals surface area contributed by atoms with Crippen molar-refractivity contribution in [2.24, 2.45) is 5.41 Å². The summed E-state index contributed by atoms with van der Waals surface area (Å²) in [6.45, 7) is 3.40. The second-order valence-electron chi connectivity index (χ2n) is 5.85. The van der Waals surface area contributed by atoms with E-state index in [1.165, 1.54) is 0 Å². The molecule has 0 atom stereocenters. The predicted molar refractivity (Wildman–Crippen MR) is 75.0 cm³/mol. The van der Waals surface area contributed by atoms with Gasteiger partial charge in [0.25, 0.3) is 0 Å². The number of carbonyl (C=O) groups excluding carboxylic acids is 1. The summed E-state index contributed by atoms with van der Waals surface area (Å²) in [7, 11) is 1.90. The van der Waals surface area contributed by atoms with Crippen LogP contribution in [0, 0.1) is 5.41 Å². The number of carboxylic acid groups (broad SMARTS) is 1. The monoisotopic (exact) mass is 317 g/mol. The average molecular weight is 317 g/mol. The Morgan fingerprint density at radius 3 is 2.09 bits per heavy atom. The van der Waals surface area contributed by atoms with Crippen LogP contribution < -0.4 is 15.7 Å². The van der Waals surface area contributed by atoms with Crippen LogP contribution in [0.4, 0.5) is 4.79 Å². The number of nitrogens with one attached hydrogen (secondary N) is 2. The van der Waals surface area contributed by atoms with Gasteiger partial charge in [0, 0.05) is 19.4 Å². The van der Waals surface area contributed by atoms with E-state index in [1.54, 1.807) is 0 Å². The fourth-order valence-electron chi connectivity index (χ4n) is 2.48. The van der Waals surface area contributed by atoms with Gasteiger partial charge in [-0.2, -0.15) is 0 Å². The van der Waals surface area contributed by atoms with Gasteiger partial charge in [0.1, 0.15) is 6.09 Å². The third-order valence-electron chi connectivity index (χ3n) is 3.82. The summed E-state index contributed by atoms with van der Waals surface area (Å²) in [6.07, 6.45) is 0.395. The van der Waals surface area contributed by atoms with Crippen LogP contribution in [0.5, 0.6) is 0 Å². The molecule has 1 spiro atoms. The zero-order valence-corrected chi connectivity index (χ0v) is 13.0. The maximum Gasteiger partial charge on any atom is 0.158 e. The highest BCUT2D eigenvalue weighted by Crippen LogP contribution is 2.31. The number of hydrogen-bond donors (Lipinski definition) is 2. The molecule has 2 heterocycles. The van der Waals surface area contributed by atoms with Crippen LogP contribution in [0.1, 0.15) is 19.3 Å². The van der Waals surface area contributed by atoms with Crippen molar-refractivity contribution in [3.8, 4) is 0 Å². The van der Waals surface area contributed by atoms with Gasteiger partial charge in [-0.05, 0) is 20.0 Å². The lowest BCUT2D eigenvalue weighted by atomic mass is 9.90. The maximum atomic E-state index is 10.2. The highest BCUT2D eigenvalue weighted by atomic mass is 16.7. The number of amides is 1. The third-order valence-corrected chi connectivity index (χ3v) is 3.82. The first-order chi connectivity index (χ1) is 10.6. The molecule has 1 amide bonds. The van der Waals surface area contributed by atoms with Crippen molar-refractivity contribution >= 4 is 6.09 Å². The van der Waals surface area contributed by atoms with E-state index in [9.17, 15) is 9.90 Å². The standard InChI is InChI=1S/C14H26N2O6/c1-15-6-4-12-21-9-14(10-22-12)7-19-11(20-8-14)3-2-5-16-13(17)18/h11-12,15-16H,2-10H2,1H3,(H,17,18)/p-1. The average Bonchev–Trinajstić information content (AvgIpc) is 2.53. The van der Waals surface area contributed by atoms with Gasteiger partial charge in [-0.25, -0.2) is 0 Å². The number of ether oxygens (including phenoxy) is 4. The first-order valence-corrected chi connectivity index (χ1v) is 7.69. The van der Waals surface area contributed by atoms with Gasteiger partial charge in [0.2, 0.25) is 0 Å². The van der Waals surface area contributed by atoms with E-state index in [1.807, 2.05) is 7.05 Å². The smallest absolute Gasteiger partial charge is 0.158 e. The summed E-state index contributed by atoms with van der Waals surface area (Å²) >= 11 is 0. The Labute approximate surface area is 130 Å². The van der Waals surface area contributed by atoms with Gasteiger partial charge in [-0.15, -0.1) is 0 Å². The van der Waals surface area contributed by atoms with Crippen molar-refractivity contribution in [2.45, 2.75) is 31.8 Å². The number of carbonyl (C=O) groups is 1. The van der Waals surface area contributed by atoms with Crippen LogP contribution in [0.15, 0.2) is 0 Å². The highest BCUT2D eigenvalue weighted by molar-refractivity contribution is 5.61. The van der Waals surface area contributed by atoms with Gasteiger partial charge in [-0.1, -0.05) is 0 Å². The molecule has 128 valence electrons. The van der Waals surface area contributed by atoms with Crippen molar-refractivity contribution in [3.05, 3.63) is 0 Å². The van der Waals surface area contributed by atoms with Gasteiger partial charge in [0.05, 0.1) is 31.8 Å². The summed E-state index contributed by atoms with van der Waals surface area (Å²) < 4.78 is 22.9. The Morgan fingerprint density at radius 1 is 1.05 bits per heavy atom. The number of rotatable bonds is 7. The fourth-order valence-corrected chi connectivity index (χ4v) is 2.48. The second kappa shape index (κ2) is 8.64. The molecule has 0 aromatic carbocycles.